The van der Waals surface area contributed by atoms with Gasteiger partial charge in [0.05, 0.1) is 11.3 Å². The van der Waals surface area contributed by atoms with Gasteiger partial charge in [-0.15, -0.1) is 0 Å². The van der Waals surface area contributed by atoms with Crippen LogP contribution in [-0.2, 0) is 9.59 Å². The molecule has 0 N–H and O–H groups in total. The molecule has 31 heavy (non-hydrogen) atoms. The summed E-state index contributed by atoms with van der Waals surface area (Å²) < 4.78 is 0. The number of imide groups is 1. The normalized spacial score (nSPS) is 13.9. The molecule has 0 atom stereocenters. The van der Waals surface area contributed by atoms with E-state index in [1.54, 1.807) is 18.2 Å². The summed E-state index contributed by atoms with van der Waals surface area (Å²) >= 11 is 6.31. The van der Waals surface area contributed by atoms with Crippen molar-refractivity contribution in [2.24, 2.45) is 0 Å². The highest BCUT2D eigenvalue weighted by molar-refractivity contribution is 6.46. The molecule has 4 rings (SSSR count). The molecule has 1 heterocycles. The summed E-state index contributed by atoms with van der Waals surface area (Å²) in [6.45, 7) is 6.31. The van der Waals surface area contributed by atoms with Gasteiger partial charge >= 0.3 is 0 Å². The summed E-state index contributed by atoms with van der Waals surface area (Å²) in [5.41, 5.74) is 4.63. The van der Waals surface area contributed by atoms with Gasteiger partial charge in [-0.3, -0.25) is 9.59 Å². The molecule has 3 aromatic carbocycles. The molecule has 1 aliphatic heterocycles. The second-order valence-corrected chi connectivity index (χ2v) is 7.91. The summed E-state index contributed by atoms with van der Waals surface area (Å²) in [4.78, 5) is 30.6. The van der Waals surface area contributed by atoms with E-state index < -0.39 is 0 Å². The Bertz CT molecular complexity index is 1180. The van der Waals surface area contributed by atoms with Gasteiger partial charge in [0.2, 0.25) is 0 Å². The fourth-order valence-corrected chi connectivity index (χ4v) is 4.05. The predicted molar refractivity (Wildman–Crippen MR) is 126 cm³/mol. The van der Waals surface area contributed by atoms with Crippen LogP contribution < -0.4 is 9.80 Å². The van der Waals surface area contributed by atoms with Gasteiger partial charge in [0.25, 0.3) is 11.8 Å². The van der Waals surface area contributed by atoms with Crippen LogP contribution in [0.25, 0.3) is 5.57 Å². The van der Waals surface area contributed by atoms with Crippen LogP contribution in [0.1, 0.15) is 23.6 Å². The summed E-state index contributed by atoms with van der Waals surface area (Å²) in [6, 6.07) is 22.6. The van der Waals surface area contributed by atoms with E-state index in [0.29, 0.717) is 34.1 Å². The third-order valence-corrected chi connectivity index (χ3v) is 5.94. The second kappa shape index (κ2) is 8.40. The highest BCUT2D eigenvalue weighted by Crippen LogP contribution is 2.38. The third-order valence-electron chi connectivity index (χ3n) is 5.53. The number of likely N-dealkylation sites (N-methyl/N-ethyl adjacent to an activating group) is 1. The Morgan fingerprint density at radius 1 is 0.839 bits per heavy atom. The summed E-state index contributed by atoms with van der Waals surface area (Å²) in [5, 5.41) is 0.513. The Morgan fingerprint density at radius 3 is 2.16 bits per heavy atom. The van der Waals surface area contributed by atoms with Crippen LogP contribution in [0.2, 0.25) is 5.02 Å². The van der Waals surface area contributed by atoms with Gasteiger partial charge in [-0.25, -0.2) is 4.90 Å². The average Bonchev–Trinajstić information content (AvgIpc) is 3.02. The SMILES string of the molecule is CCN(C1=C(c2ccc(C)cc2)C(=O)N(c2cccc(Cl)c2C)C1=O)c1ccccc1. The van der Waals surface area contributed by atoms with Gasteiger partial charge < -0.3 is 4.90 Å². The zero-order valence-electron chi connectivity index (χ0n) is 17.7. The Hall–Kier alpha value is -3.37. The van der Waals surface area contributed by atoms with Crippen molar-refractivity contribution in [3.63, 3.8) is 0 Å². The van der Waals surface area contributed by atoms with Crippen molar-refractivity contribution in [2.45, 2.75) is 20.8 Å². The molecule has 0 radical (unpaired) electrons. The van der Waals surface area contributed by atoms with Gasteiger partial charge in [0.15, 0.2) is 0 Å². The standard InChI is InChI=1S/C26H23ClN2O2/c1-4-28(20-9-6-5-7-10-20)24-23(19-15-13-17(2)14-16-19)25(30)29(26(24)31)22-12-8-11-21(27)18(22)3/h5-16H,4H2,1-3H3. The van der Waals surface area contributed by atoms with Gasteiger partial charge in [0.1, 0.15) is 5.70 Å². The van der Waals surface area contributed by atoms with Crippen molar-refractivity contribution in [2.75, 3.05) is 16.3 Å². The molecule has 2 amide bonds. The zero-order valence-corrected chi connectivity index (χ0v) is 18.5. The van der Waals surface area contributed by atoms with Crippen molar-refractivity contribution in [1.82, 2.24) is 0 Å². The van der Waals surface area contributed by atoms with E-state index in [1.807, 2.05) is 80.3 Å². The minimum absolute atomic E-state index is 0.344. The Morgan fingerprint density at radius 2 is 1.52 bits per heavy atom. The van der Waals surface area contributed by atoms with Crippen LogP contribution in [-0.4, -0.2) is 18.4 Å². The molecular formula is C26H23ClN2O2. The van der Waals surface area contributed by atoms with Crippen LogP contribution in [0.5, 0.6) is 0 Å². The lowest BCUT2D eigenvalue weighted by Crippen LogP contribution is -2.35. The first kappa shape index (κ1) is 20.9. The summed E-state index contributed by atoms with van der Waals surface area (Å²) in [6.07, 6.45) is 0. The van der Waals surface area contributed by atoms with Gasteiger partial charge in [0, 0.05) is 17.3 Å². The molecule has 0 spiro atoms. The van der Waals surface area contributed by atoms with Crippen LogP contribution in [0.15, 0.2) is 78.5 Å². The highest BCUT2D eigenvalue weighted by Gasteiger charge is 2.43. The minimum Gasteiger partial charge on any atom is -0.337 e. The molecule has 0 saturated carbocycles. The molecule has 5 heteroatoms. The van der Waals surface area contributed by atoms with E-state index in [2.05, 4.69) is 0 Å². The van der Waals surface area contributed by atoms with Gasteiger partial charge in [-0.05, 0) is 56.2 Å². The van der Waals surface area contributed by atoms with E-state index >= 15 is 0 Å². The number of amides is 2. The van der Waals surface area contributed by atoms with E-state index in [9.17, 15) is 9.59 Å². The molecule has 4 nitrogen and oxygen atoms in total. The monoisotopic (exact) mass is 430 g/mol. The molecule has 0 aliphatic carbocycles. The molecule has 0 fully saturated rings. The Balaban J connectivity index is 1.93. The highest BCUT2D eigenvalue weighted by atomic mass is 35.5. The van der Waals surface area contributed by atoms with Crippen molar-refractivity contribution >= 4 is 40.4 Å². The molecule has 0 bridgehead atoms. The minimum atomic E-state index is -0.350. The van der Waals surface area contributed by atoms with Crippen molar-refractivity contribution in [3.8, 4) is 0 Å². The van der Waals surface area contributed by atoms with Crippen LogP contribution in [0.3, 0.4) is 0 Å². The largest absolute Gasteiger partial charge is 0.337 e. The topological polar surface area (TPSA) is 40.6 Å². The number of nitrogens with zero attached hydrogens (tertiary/aromatic N) is 2. The number of benzene rings is 3. The first-order chi connectivity index (χ1) is 14.9. The van der Waals surface area contributed by atoms with E-state index in [4.69, 9.17) is 11.6 Å². The molecule has 0 unspecified atom stereocenters. The number of hydrogen-bond donors (Lipinski definition) is 0. The lowest BCUT2D eigenvalue weighted by molar-refractivity contribution is -0.120. The van der Waals surface area contributed by atoms with Crippen LogP contribution in [0, 0.1) is 13.8 Å². The molecule has 1 aliphatic rings. The first-order valence-corrected chi connectivity index (χ1v) is 10.6. The fraction of sp³-hybridized carbons (Fsp3) is 0.154. The lowest BCUT2D eigenvalue weighted by atomic mass is 10.0. The molecular weight excluding hydrogens is 408 g/mol. The molecule has 156 valence electrons. The maximum absolute atomic E-state index is 13.8. The number of carbonyl (C=O) groups excluding carboxylic acids is 2. The Kier molecular flexibility index (Phi) is 5.66. The molecule has 0 aromatic heterocycles. The van der Waals surface area contributed by atoms with Gasteiger partial charge in [-0.1, -0.05) is 65.7 Å². The second-order valence-electron chi connectivity index (χ2n) is 7.50. The number of halogens is 1. The lowest BCUT2D eigenvalue weighted by Gasteiger charge is -2.25. The van der Waals surface area contributed by atoms with E-state index in [1.165, 1.54) is 4.90 Å². The van der Waals surface area contributed by atoms with Crippen LogP contribution >= 0.6 is 11.6 Å². The number of hydrogen-bond acceptors (Lipinski definition) is 3. The third kappa shape index (κ3) is 3.64. The molecule has 0 saturated heterocycles. The number of aryl methyl sites for hydroxylation is 1. The average molecular weight is 431 g/mol. The Labute approximate surface area is 187 Å². The smallest absolute Gasteiger partial charge is 0.282 e. The van der Waals surface area contributed by atoms with Crippen molar-refractivity contribution in [1.29, 1.82) is 0 Å². The van der Waals surface area contributed by atoms with E-state index in [-0.39, 0.29) is 11.8 Å². The maximum atomic E-state index is 13.8. The summed E-state index contributed by atoms with van der Waals surface area (Å²) in [7, 11) is 0. The fourth-order valence-electron chi connectivity index (χ4n) is 3.88. The number of rotatable bonds is 5. The van der Waals surface area contributed by atoms with E-state index in [0.717, 1.165) is 16.8 Å². The summed E-state index contributed by atoms with van der Waals surface area (Å²) in [5.74, 6) is -0.694. The predicted octanol–water partition coefficient (Wildman–Crippen LogP) is 5.77. The molecule has 3 aromatic rings. The van der Waals surface area contributed by atoms with Crippen LogP contribution in [0.4, 0.5) is 11.4 Å². The maximum Gasteiger partial charge on any atom is 0.282 e. The number of carbonyl (C=O) groups is 2. The zero-order chi connectivity index (χ0) is 22.1. The van der Waals surface area contributed by atoms with Crippen molar-refractivity contribution in [3.05, 3.63) is 100 Å². The number of para-hydroxylation sites is 1. The first-order valence-electron chi connectivity index (χ1n) is 10.2. The number of anilines is 2. The quantitative estimate of drug-likeness (QED) is 0.482. The van der Waals surface area contributed by atoms with Gasteiger partial charge in [-0.2, -0.15) is 0 Å². The van der Waals surface area contributed by atoms with Crippen molar-refractivity contribution < 1.29 is 9.59 Å².